The standard InChI is InChI=1S/C9H14O3/c1-9(2,3)11-6-7-4-5-8(10)12-7/h4-5,7H,6H2,1-3H3. The lowest BCUT2D eigenvalue weighted by molar-refractivity contribution is -0.143. The van der Waals surface area contributed by atoms with Gasteiger partial charge < -0.3 is 9.47 Å². The molecule has 12 heavy (non-hydrogen) atoms. The minimum atomic E-state index is -0.280. The first-order valence-corrected chi connectivity index (χ1v) is 4.00. The average molecular weight is 170 g/mol. The van der Waals surface area contributed by atoms with E-state index >= 15 is 0 Å². The van der Waals surface area contributed by atoms with E-state index in [9.17, 15) is 4.79 Å². The zero-order valence-corrected chi connectivity index (χ0v) is 7.66. The summed E-state index contributed by atoms with van der Waals surface area (Å²) >= 11 is 0. The molecule has 0 N–H and O–H groups in total. The topological polar surface area (TPSA) is 35.5 Å². The Morgan fingerprint density at radius 2 is 2.25 bits per heavy atom. The molecule has 1 atom stereocenters. The maximum Gasteiger partial charge on any atom is 0.331 e. The first kappa shape index (κ1) is 9.26. The summed E-state index contributed by atoms with van der Waals surface area (Å²) in [6, 6.07) is 0. The molecule has 0 amide bonds. The molecule has 0 aromatic carbocycles. The number of hydrogen-bond acceptors (Lipinski definition) is 3. The van der Waals surface area contributed by atoms with Crippen LogP contribution in [-0.2, 0) is 14.3 Å². The number of cyclic esters (lactones) is 1. The van der Waals surface area contributed by atoms with Gasteiger partial charge in [0.15, 0.2) is 0 Å². The third-order valence-corrected chi connectivity index (χ3v) is 1.40. The summed E-state index contributed by atoms with van der Waals surface area (Å²) in [7, 11) is 0. The van der Waals surface area contributed by atoms with Crippen LogP contribution in [0.2, 0.25) is 0 Å². The predicted octanol–water partition coefficient (Wildman–Crippen LogP) is 1.28. The molecule has 0 aromatic rings. The summed E-state index contributed by atoms with van der Waals surface area (Å²) in [6.45, 7) is 6.33. The Labute approximate surface area is 72.4 Å². The van der Waals surface area contributed by atoms with Crippen molar-refractivity contribution in [2.24, 2.45) is 0 Å². The molecule has 0 saturated heterocycles. The van der Waals surface area contributed by atoms with Gasteiger partial charge in [0.25, 0.3) is 0 Å². The largest absolute Gasteiger partial charge is 0.452 e. The van der Waals surface area contributed by atoms with E-state index in [-0.39, 0.29) is 17.7 Å². The van der Waals surface area contributed by atoms with Crippen molar-refractivity contribution in [2.75, 3.05) is 6.61 Å². The van der Waals surface area contributed by atoms with E-state index in [1.807, 2.05) is 20.8 Å². The molecule has 0 aromatic heterocycles. The SMILES string of the molecule is CC(C)(C)OCC1C=CC(=O)O1. The Morgan fingerprint density at radius 1 is 1.58 bits per heavy atom. The zero-order valence-electron chi connectivity index (χ0n) is 7.66. The number of esters is 1. The molecular formula is C9H14O3. The fourth-order valence-corrected chi connectivity index (χ4v) is 0.835. The average Bonchev–Trinajstić information content (AvgIpc) is 2.30. The Hall–Kier alpha value is -0.830. The third-order valence-electron chi connectivity index (χ3n) is 1.40. The van der Waals surface area contributed by atoms with Crippen LogP contribution in [0.4, 0.5) is 0 Å². The van der Waals surface area contributed by atoms with Crippen LogP contribution in [0.3, 0.4) is 0 Å². The second-order valence-electron chi connectivity index (χ2n) is 3.76. The van der Waals surface area contributed by atoms with Crippen molar-refractivity contribution < 1.29 is 14.3 Å². The molecule has 3 nitrogen and oxygen atoms in total. The molecule has 1 aliphatic heterocycles. The van der Waals surface area contributed by atoms with Crippen LogP contribution in [0.25, 0.3) is 0 Å². The van der Waals surface area contributed by atoms with Crippen molar-refractivity contribution in [1.29, 1.82) is 0 Å². The summed E-state index contributed by atoms with van der Waals surface area (Å²) in [5.41, 5.74) is -0.178. The molecule has 1 rings (SSSR count). The molecule has 68 valence electrons. The van der Waals surface area contributed by atoms with E-state index in [4.69, 9.17) is 9.47 Å². The van der Waals surface area contributed by atoms with E-state index < -0.39 is 0 Å². The number of ether oxygens (including phenoxy) is 2. The molecule has 1 unspecified atom stereocenters. The number of carbonyl (C=O) groups is 1. The van der Waals surface area contributed by atoms with Crippen LogP contribution >= 0.6 is 0 Å². The van der Waals surface area contributed by atoms with E-state index in [0.29, 0.717) is 6.61 Å². The third kappa shape index (κ3) is 3.05. The summed E-state index contributed by atoms with van der Waals surface area (Å²) in [4.78, 5) is 10.6. The van der Waals surface area contributed by atoms with Gasteiger partial charge in [-0.15, -0.1) is 0 Å². The van der Waals surface area contributed by atoms with Gasteiger partial charge in [-0.25, -0.2) is 4.79 Å². The van der Waals surface area contributed by atoms with Gasteiger partial charge in [-0.2, -0.15) is 0 Å². The van der Waals surface area contributed by atoms with Crippen molar-refractivity contribution >= 4 is 5.97 Å². The lowest BCUT2D eigenvalue weighted by Crippen LogP contribution is -2.25. The van der Waals surface area contributed by atoms with Crippen LogP contribution in [0.1, 0.15) is 20.8 Å². The molecule has 1 aliphatic rings. The van der Waals surface area contributed by atoms with Gasteiger partial charge in [-0.3, -0.25) is 0 Å². The van der Waals surface area contributed by atoms with Crippen LogP contribution in [0.5, 0.6) is 0 Å². The van der Waals surface area contributed by atoms with E-state index in [1.165, 1.54) is 6.08 Å². The van der Waals surface area contributed by atoms with Crippen molar-refractivity contribution in [2.45, 2.75) is 32.5 Å². The maximum absolute atomic E-state index is 10.6. The molecular weight excluding hydrogens is 156 g/mol. The smallest absolute Gasteiger partial charge is 0.331 e. The van der Waals surface area contributed by atoms with Gasteiger partial charge in [-0.1, -0.05) is 0 Å². The molecule has 0 bridgehead atoms. The normalized spacial score (nSPS) is 22.9. The van der Waals surface area contributed by atoms with Crippen molar-refractivity contribution in [3.63, 3.8) is 0 Å². The predicted molar refractivity (Wildman–Crippen MR) is 44.7 cm³/mol. The van der Waals surface area contributed by atoms with Crippen molar-refractivity contribution in [1.82, 2.24) is 0 Å². The van der Waals surface area contributed by atoms with Gasteiger partial charge in [-0.05, 0) is 26.8 Å². The molecule has 0 radical (unpaired) electrons. The Bertz CT molecular complexity index is 200. The Morgan fingerprint density at radius 3 is 2.67 bits per heavy atom. The summed E-state index contributed by atoms with van der Waals surface area (Å²) < 4.78 is 10.3. The summed E-state index contributed by atoms with van der Waals surface area (Å²) in [5, 5.41) is 0. The number of rotatable bonds is 2. The highest BCUT2D eigenvalue weighted by Gasteiger charge is 2.19. The van der Waals surface area contributed by atoms with Crippen LogP contribution in [0, 0.1) is 0 Å². The number of carbonyl (C=O) groups excluding carboxylic acids is 1. The van der Waals surface area contributed by atoms with Crippen LogP contribution in [0.15, 0.2) is 12.2 Å². The molecule has 1 heterocycles. The first-order chi connectivity index (χ1) is 5.47. The Kier molecular flexibility index (Phi) is 2.52. The summed E-state index contributed by atoms with van der Waals surface area (Å²) in [5.74, 6) is -0.280. The van der Waals surface area contributed by atoms with E-state index in [0.717, 1.165) is 0 Å². The van der Waals surface area contributed by atoms with Crippen molar-refractivity contribution in [3.8, 4) is 0 Å². The molecule has 3 heteroatoms. The Balaban J connectivity index is 2.26. The van der Waals surface area contributed by atoms with Gasteiger partial charge in [0.1, 0.15) is 6.10 Å². The molecule has 0 spiro atoms. The lowest BCUT2D eigenvalue weighted by Gasteiger charge is -2.21. The second-order valence-corrected chi connectivity index (χ2v) is 3.76. The maximum atomic E-state index is 10.6. The highest BCUT2D eigenvalue weighted by atomic mass is 16.6. The first-order valence-electron chi connectivity index (χ1n) is 4.00. The summed E-state index contributed by atoms with van der Waals surface area (Å²) in [6.07, 6.45) is 2.95. The highest BCUT2D eigenvalue weighted by molar-refractivity contribution is 5.84. The second kappa shape index (κ2) is 3.27. The molecule has 0 fully saturated rings. The van der Waals surface area contributed by atoms with Gasteiger partial charge in [0, 0.05) is 6.08 Å². The highest BCUT2D eigenvalue weighted by Crippen LogP contribution is 2.11. The van der Waals surface area contributed by atoms with Crippen molar-refractivity contribution in [3.05, 3.63) is 12.2 Å². The van der Waals surface area contributed by atoms with Crippen LogP contribution < -0.4 is 0 Å². The monoisotopic (exact) mass is 170 g/mol. The minimum Gasteiger partial charge on any atom is -0.452 e. The molecule has 0 aliphatic carbocycles. The number of hydrogen-bond donors (Lipinski definition) is 0. The van der Waals surface area contributed by atoms with Gasteiger partial charge >= 0.3 is 5.97 Å². The minimum absolute atomic E-state index is 0.178. The molecule has 0 saturated carbocycles. The van der Waals surface area contributed by atoms with Crippen LogP contribution in [-0.4, -0.2) is 24.3 Å². The van der Waals surface area contributed by atoms with Gasteiger partial charge in [0.05, 0.1) is 12.2 Å². The zero-order chi connectivity index (χ0) is 9.19. The fraction of sp³-hybridized carbons (Fsp3) is 0.667. The fourth-order valence-electron chi connectivity index (χ4n) is 0.835. The van der Waals surface area contributed by atoms with Gasteiger partial charge in [0.2, 0.25) is 0 Å². The lowest BCUT2D eigenvalue weighted by atomic mass is 10.2. The van der Waals surface area contributed by atoms with E-state index in [1.54, 1.807) is 6.08 Å². The quantitative estimate of drug-likeness (QED) is 0.586. The van der Waals surface area contributed by atoms with E-state index in [2.05, 4.69) is 0 Å².